The molecule has 1 aromatic heterocycles. The average molecular weight is 389 g/mol. The fourth-order valence-electron chi connectivity index (χ4n) is 1.39. The van der Waals surface area contributed by atoms with E-state index >= 15 is 0 Å². The van der Waals surface area contributed by atoms with E-state index in [2.05, 4.69) is 38.0 Å². The van der Waals surface area contributed by atoms with Crippen LogP contribution in [0.4, 0.5) is 0 Å². The van der Waals surface area contributed by atoms with Gasteiger partial charge in [0.25, 0.3) is 0 Å². The zero-order valence-electron chi connectivity index (χ0n) is 10.4. The molecule has 0 aromatic carbocycles. The number of nitrogens with zero attached hydrogens (tertiary/aromatic N) is 2. The van der Waals surface area contributed by atoms with Crippen molar-refractivity contribution in [2.75, 3.05) is 7.05 Å². The molecule has 16 heavy (non-hydrogen) atoms. The van der Waals surface area contributed by atoms with Crippen molar-refractivity contribution in [2.24, 2.45) is 0 Å². The van der Waals surface area contributed by atoms with Crippen molar-refractivity contribution in [3.63, 3.8) is 0 Å². The standard InChI is InChI=1S/C13H21N2.W/c1-5-12-7-9-13(14-10-12)8-6-11(2)15(3)4;/h7,9-11H,3,5-6,8H2,1-2,4H3;/q-1;. The van der Waals surface area contributed by atoms with Gasteiger partial charge in [-0.3, -0.25) is 12.0 Å². The molecule has 0 radical (unpaired) electrons. The summed E-state index contributed by atoms with van der Waals surface area (Å²) < 4.78 is 0. The quantitative estimate of drug-likeness (QED) is 0.721. The third kappa shape index (κ3) is 5.22. The summed E-state index contributed by atoms with van der Waals surface area (Å²) in [6.07, 6.45) is 5.18. The molecule has 0 bridgehead atoms. The van der Waals surface area contributed by atoms with Crippen molar-refractivity contribution in [1.82, 2.24) is 9.88 Å². The summed E-state index contributed by atoms with van der Waals surface area (Å²) in [6.45, 7) is 4.34. The number of hydrogen-bond donors (Lipinski definition) is 0. The fraction of sp³-hybridized carbons (Fsp3) is 0.538. The molecule has 1 aromatic rings. The van der Waals surface area contributed by atoms with Crippen LogP contribution in [-0.4, -0.2) is 23.0 Å². The first-order chi connectivity index (χ1) is 7.13. The molecule has 1 heterocycles. The van der Waals surface area contributed by atoms with Gasteiger partial charge in [-0.1, -0.05) is 19.9 Å². The first-order valence-electron chi connectivity index (χ1n) is 5.60. The predicted molar refractivity (Wildman–Crippen MR) is 64.5 cm³/mol. The zero-order valence-corrected chi connectivity index (χ0v) is 13.4. The van der Waals surface area contributed by atoms with Gasteiger partial charge >= 0.3 is 0 Å². The molecule has 1 unspecified atom stereocenters. The summed E-state index contributed by atoms with van der Waals surface area (Å²) in [5.74, 6) is 0. The summed E-state index contributed by atoms with van der Waals surface area (Å²) in [5, 5.41) is 0. The summed E-state index contributed by atoms with van der Waals surface area (Å²) in [6, 6.07) is 4.81. The summed E-state index contributed by atoms with van der Waals surface area (Å²) in [7, 11) is 5.90. The van der Waals surface area contributed by atoms with Crippen LogP contribution in [0, 0.1) is 7.05 Å². The van der Waals surface area contributed by atoms with Crippen molar-refractivity contribution < 1.29 is 21.1 Å². The topological polar surface area (TPSA) is 16.1 Å². The van der Waals surface area contributed by atoms with E-state index in [0.717, 1.165) is 19.3 Å². The Kier molecular flexibility index (Phi) is 7.87. The van der Waals surface area contributed by atoms with E-state index < -0.39 is 0 Å². The average Bonchev–Trinajstić information content (AvgIpc) is 2.26. The van der Waals surface area contributed by atoms with Gasteiger partial charge < -0.3 is 4.90 Å². The fourth-order valence-corrected chi connectivity index (χ4v) is 1.39. The first kappa shape index (κ1) is 15.8. The van der Waals surface area contributed by atoms with Crippen LogP contribution < -0.4 is 0 Å². The van der Waals surface area contributed by atoms with E-state index in [1.165, 1.54) is 11.3 Å². The Morgan fingerprint density at radius 1 is 1.44 bits per heavy atom. The molecule has 2 nitrogen and oxygen atoms in total. The molecule has 0 saturated heterocycles. The molecule has 0 aliphatic heterocycles. The molecular weight excluding hydrogens is 368 g/mol. The largest absolute Gasteiger partial charge is 0.459 e. The van der Waals surface area contributed by atoms with E-state index in [4.69, 9.17) is 0 Å². The second kappa shape index (κ2) is 7.97. The van der Waals surface area contributed by atoms with Gasteiger partial charge in [0.1, 0.15) is 0 Å². The van der Waals surface area contributed by atoms with Gasteiger partial charge in [0.2, 0.25) is 0 Å². The molecule has 90 valence electrons. The third-order valence-electron chi connectivity index (χ3n) is 2.86. The van der Waals surface area contributed by atoms with Crippen LogP contribution in [-0.2, 0) is 33.9 Å². The van der Waals surface area contributed by atoms with E-state index in [0.29, 0.717) is 6.04 Å². The Balaban J connectivity index is 0.00000225. The van der Waals surface area contributed by atoms with Gasteiger partial charge in [-0.05, 0) is 44.0 Å². The maximum atomic E-state index is 4.44. The second-order valence-corrected chi connectivity index (χ2v) is 4.16. The SMILES string of the molecule is [CH2-]N(C)C(C)CCc1ccc(CC)cn1.[W]. The number of aromatic nitrogens is 1. The van der Waals surface area contributed by atoms with Crippen molar-refractivity contribution in [2.45, 2.75) is 39.2 Å². The summed E-state index contributed by atoms with van der Waals surface area (Å²) >= 11 is 0. The molecule has 0 N–H and O–H groups in total. The normalized spacial score (nSPS) is 12.3. The molecular formula is C13H21N2W-. The van der Waals surface area contributed by atoms with E-state index in [-0.39, 0.29) is 21.1 Å². The van der Waals surface area contributed by atoms with E-state index in [1.807, 2.05) is 18.1 Å². The second-order valence-electron chi connectivity index (χ2n) is 4.16. The first-order valence-corrected chi connectivity index (χ1v) is 5.60. The minimum absolute atomic E-state index is 0. The number of hydrogen-bond acceptors (Lipinski definition) is 2. The van der Waals surface area contributed by atoms with Crippen LogP contribution >= 0.6 is 0 Å². The van der Waals surface area contributed by atoms with Crippen molar-refractivity contribution in [3.05, 3.63) is 36.6 Å². The monoisotopic (exact) mass is 389 g/mol. The van der Waals surface area contributed by atoms with Gasteiger partial charge in [0.15, 0.2) is 0 Å². The van der Waals surface area contributed by atoms with Gasteiger partial charge in [-0.15, -0.1) is 0 Å². The Bertz CT molecular complexity index is 282. The van der Waals surface area contributed by atoms with Crippen LogP contribution in [0.5, 0.6) is 0 Å². The third-order valence-corrected chi connectivity index (χ3v) is 2.86. The molecule has 0 saturated carbocycles. The number of aryl methyl sites for hydroxylation is 2. The van der Waals surface area contributed by atoms with E-state index in [9.17, 15) is 0 Å². The minimum atomic E-state index is 0. The van der Waals surface area contributed by atoms with Crippen LogP contribution in [0.1, 0.15) is 31.5 Å². The molecule has 0 fully saturated rings. The van der Waals surface area contributed by atoms with Gasteiger partial charge in [0.05, 0.1) is 0 Å². The molecule has 0 aliphatic carbocycles. The van der Waals surface area contributed by atoms with Crippen molar-refractivity contribution in [1.29, 1.82) is 0 Å². The zero-order chi connectivity index (χ0) is 11.3. The van der Waals surface area contributed by atoms with Crippen molar-refractivity contribution >= 4 is 0 Å². The maximum Gasteiger partial charge on any atom is 0.0404 e. The van der Waals surface area contributed by atoms with Crippen molar-refractivity contribution in [3.8, 4) is 0 Å². The summed E-state index contributed by atoms with van der Waals surface area (Å²) in [5.41, 5.74) is 2.49. The van der Waals surface area contributed by atoms with Gasteiger partial charge in [-0.25, -0.2) is 0 Å². The smallest absolute Gasteiger partial charge is 0.0404 e. The minimum Gasteiger partial charge on any atom is -0.459 e. The molecule has 0 amide bonds. The maximum absolute atomic E-state index is 4.44. The van der Waals surface area contributed by atoms with E-state index in [1.54, 1.807) is 0 Å². The van der Waals surface area contributed by atoms with Gasteiger partial charge in [-0.2, -0.15) is 0 Å². The molecule has 3 heteroatoms. The molecule has 1 rings (SSSR count). The van der Waals surface area contributed by atoms with Crippen LogP contribution in [0.3, 0.4) is 0 Å². The molecule has 0 spiro atoms. The molecule has 1 atom stereocenters. The Morgan fingerprint density at radius 2 is 2.12 bits per heavy atom. The summed E-state index contributed by atoms with van der Waals surface area (Å²) in [4.78, 5) is 6.44. The Hall–Kier alpha value is -0.202. The predicted octanol–water partition coefficient (Wildman–Crippen LogP) is 2.69. The van der Waals surface area contributed by atoms with Crippen LogP contribution in [0.25, 0.3) is 0 Å². The Labute approximate surface area is 114 Å². The number of rotatable bonds is 5. The van der Waals surface area contributed by atoms with Crippen LogP contribution in [0.15, 0.2) is 18.3 Å². The molecule has 0 aliphatic rings. The van der Waals surface area contributed by atoms with Gasteiger partial charge in [0, 0.05) is 33.0 Å². The number of pyridine rings is 1. The Morgan fingerprint density at radius 3 is 2.56 bits per heavy atom. The van der Waals surface area contributed by atoms with Crippen LogP contribution in [0.2, 0.25) is 0 Å².